The molecule has 3 heterocycles. The van der Waals surface area contributed by atoms with Crippen molar-refractivity contribution in [2.75, 3.05) is 36.0 Å². The highest BCUT2D eigenvalue weighted by Gasteiger charge is 2.22. The SMILES string of the molecule is Cc1nnc(N2CCN(c3ccc(C(C)(C)C)nn3)CC2)s1. The number of hydrogen-bond acceptors (Lipinski definition) is 7. The van der Waals surface area contributed by atoms with E-state index < -0.39 is 0 Å². The minimum Gasteiger partial charge on any atom is -0.352 e. The molecule has 0 bridgehead atoms. The number of piperazine rings is 1. The van der Waals surface area contributed by atoms with Crippen molar-refractivity contribution in [2.24, 2.45) is 0 Å². The zero-order chi connectivity index (χ0) is 15.7. The first-order valence-corrected chi connectivity index (χ1v) is 8.39. The first-order chi connectivity index (χ1) is 10.4. The third-order valence-electron chi connectivity index (χ3n) is 3.81. The van der Waals surface area contributed by atoms with Crippen LogP contribution < -0.4 is 9.80 Å². The van der Waals surface area contributed by atoms with Gasteiger partial charge >= 0.3 is 0 Å². The van der Waals surface area contributed by atoms with Gasteiger partial charge in [-0.05, 0) is 19.1 Å². The molecule has 22 heavy (non-hydrogen) atoms. The third-order valence-corrected chi connectivity index (χ3v) is 4.71. The van der Waals surface area contributed by atoms with Gasteiger partial charge in [-0.1, -0.05) is 32.1 Å². The van der Waals surface area contributed by atoms with Gasteiger partial charge in [-0.25, -0.2) is 0 Å². The molecule has 1 saturated heterocycles. The van der Waals surface area contributed by atoms with E-state index >= 15 is 0 Å². The van der Waals surface area contributed by atoms with Crippen molar-refractivity contribution in [3.05, 3.63) is 22.8 Å². The standard InChI is InChI=1S/C15H22N6S/c1-11-16-19-14(22-11)21-9-7-20(8-10-21)13-6-5-12(17-18-13)15(2,3)4/h5-6H,7-10H2,1-4H3. The second-order valence-electron chi connectivity index (χ2n) is 6.60. The van der Waals surface area contributed by atoms with Crippen LogP contribution in [0.5, 0.6) is 0 Å². The zero-order valence-corrected chi connectivity index (χ0v) is 14.4. The second kappa shape index (κ2) is 5.79. The average Bonchev–Trinajstić information content (AvgIpc) is 2.93. The molecule has 1 fully saturated rings. The van der Waals surface area contributed by atoms with Crippen molar-refractivity contribution >= 4 is 22.3 Å². The van der Waals surface area contributed by atoms with Crippen LogP contribution in [0.15, 0.2) is 12.1 Å². The van der Waals surface area contributed by atoms with Crippen LogP contribution in [0.25, 0.3) is 0 Å². The Balaban J connectivity index is 1.64. The van der Waals surface area contributed by atoms with Crippen LogP contribution >= 0.6 is 11.3 Å². The van der Waals surface area contributed by atoms with E-state index in [1.165, 1.54) is 0 Å². The van der Waals surface area contributed by atoms with Crippen molar-refractivity contribution in [3.8, 4) is 0 Å². The van der Waals surface area contributed by atoms with Crippen LogP contribution in [0.2, 0.25) is 0 Å². The minimum atomic E-state index is 0.0416. The largest absolute Gasteiger partial charge is 0.352 e. The molecule has 0 spiro atoms. The monoisotopic (exact) mass is 318 g/mol. The van der Waals surface area contributed by atoms with Gasteiger partial charge in [-0.15, -0.1) is 15.3 Å². The fraction of sp³-hybridized carbons (Fsp3) is 0.600. The molecule has 2 aromatic heterocycles. The summed E-state index contributed by atoms with van der Waals surface area (Å²) in [5, 5.41) is 19.1. The summed E-state index contributed by atoms with van der Waals surface area (Å²) in [5.74, 6) is 0.959. The molecule has 6 nitrogen and oxygen atoms in total. The predicted octanol–water partition coefficient (Wildman–Crippen LogP) is 2.26. The van der Waals surface area contributed by atoms with E-state index in [2.05, 4.69) is 63.1 Å². The van der Waals surface area contributed by atoms with Gasteiger partial charge in [0, 0.05) is 31.6 Å². The summed E-state index contributed by atoms with van der Waals surface area (Å²) in [5.41, 5.74) is 1.07. The van der Waals surface area contributed by atoms with Gasteiger partial charge in [0.2, 0.25) is 5.13 Å². The highest BCUT2D eigenvalue weighted by molar-refractivity contribution is 7.15. The first kappa shape index (κ1) is 15.1. The van der Waals surface area contributed by atoms with E-state index in [0.29, 0.717) is 0 Å². The molecule has 0 N–H and O–H groups in total. The Morgan fingerprint density at radius 3 is 2.09 bits per heavy atom. The molecule has 3 rings (SSSR count). The van der Waals surface area contributed by atoms with Gasteiger partial charge in [-0.3, -0.25) is 0 Å². The summed E-state index contributed by atoms with van der Waals surface area (Å²) in [4.78, 5) is 4.57. The van der Waals surface area contributed by atoms with E-state index in [4.69, 9.17) is 0 Å². The number of aromatic nitrogens is 4. The maximum Gasteiger partial charge on any atom is 0.208 e. The molecule has 0 saturated carbocycles. The number of nitrogens with zero attached hydrogens (tertiary/aromatic N) is 6. The van der Waals surface area contributed by atoms with Crippen molar-refractivity contribution in [2.45, 2.75) is 33.1 Å². The molecule has 0 amide bonds. The molecule has 7 heteroatoms. The van der Waals surface area contributed by atoms with Crippen molar-refractivity contribution in [1.82, 2.24) is 20.4 Å². The van der Waals surface area contributed by atoms with Crippen LogP contribution in [-0.4, -0.2) is 46.6 Å². The molecule has 0 radical (unpaired) electrons. The molecule has 0 aromatic carbocycles. The topological polar surface area (TPSA) is 58.0 Å². The average molecular weight is 318 g/mol. The maximum atomic E-state index is 4.40. The summed E-state index contributed by atoms with van der Waals surface area (Å²) < 4.78 is 0. The molecule has 0 unspecified atom stereocenters. The van der Waals surface area contributed by atoms with E-state index in [-0.39, 0.29) is 5.41 Å². The van der Waals surface area contributed by atoms with Gasteiger partial charge in [0.05, 0.1) is 5.69 Å². The lowest BCUT2D eigenvalue weighted by molar-refractivity contribution is 0.556. The molecule has 2 aromatic rings. The quantitative estimate of drug-likeness (QED) is 0.846. The first-order valence-electron chi connectivity index (χ1n) is 7.58. The second-order valence-corrected chi connectivity index (χ2v) is 7.76. The van der Waals surface area contributed by atoms with Crippen LogP contribution in [0, 0.1) is 6.92 Å². The number of hydrogen-bond donors (Lipinski definition) is 0. The van der Waals surface area contributed by atoms with Crippen molar-refractivity contribution < 1.29 is 0 Å². The lowest BCUT2D eigenvalue weighted by atomic mass is 9.92. The van der Waals surface area contributed by atoms with E-state index in [1.807, 2.05) is 6.92 Å². The Hall–Kier alpha value is -1.76. The molecule has 1 aliphatic heterocycles. The predicted molar refractivity (Wildman–Crippen MR) is 89.8 cm³/mol. The summed E-state index contributed by atoms with van der Waals surface area (Å²) in [6.07, 6.45) is 0. The molecular formula is C15H22N6S. The lowest BCUT2D eigenvalue weighted by Crippen LogP contribution is -2.47. The Kier molecular flexibility index (Phi) is 3.99. The Labute approximate surface area is 135 Å². The van der Waals surface area contributed by atoms with Gasteiger partial charge < -0.3 is 9.80 Å². The molecule has 0 aliphatic carbocycles. The fourth-order valence-corrected chi connectivity index (χ4v) is 3.17. The lowest BCUT2D eigenvalue weighted by Gasteiger charge is -2.34. The summed E-state index contributed by atoms with van der Waals surface area (Å²) in [6.45, 7) is 12.2. The third kappa shape index (κ3) is 3.19. The number of rotatable bonds is 2. The molecule has 0 atom stereocenters. The van der Waals surface area contributed by atoms with E-state index in [1.54, 1.807) is 11.3 Å². The molecular weight excluding hydrogens is 296 g/mol. The van der Waals surface area contributed by atoms with Crippen molar-refractivity contribution in [3.63, 3.8) is 0 Å². The van der Waals surface area contributed by atoms with Crippen LogP contribution in [-0.2, 0) is 5.41 Å². The normalized spacial score (nSPS) is 16.2. The number of anilines is 2. The number of aryl methyl sites for hydroxylation is 1. The van der Waals surface area contributed by atoms with Crippen LogP contribution in [0.1, 0.15) is 31.5 Å². The highest BCUT2D eigenvalue weighted by atomic mass is 32.1. The summed E-state index contributed by atoms with van der Waals surface area (Å²) in [7, 11) is 0. The van der Waals surface area contributed by atoms with E-state index in [9.17, 15) is 0 Å². The Morgan fingerprint density at radius 1 is 0.909 bits per heavy atom. The Bertz CT molecular complexity index is 622. The van der Waals surface area contributed by atoms with Crippen LogP contribution in [0.4, 0.5) is 10.9 Å². The zero-order valence-electron chi connectivity index (χ0n) is 13.6. The van der Waals surface area contributed by atoms with E-state index in [0.717, 1.165) is 47.8 Å². The fourth-order valence-electron chi connectivity index (χ4n) is 2.43. The van der Waals surface area contributed by atoms with Gasteiger partial charge in [0.1, 0.15) is 5.01 Å². The smallest absolute Gasteiger partial charge is 0.208 e. The van der Waals surface area contributed by atoms with Crippen molar-refractivity contribution in [1.29, 1.82) is 0 Å². The minimum absolute atomic E-state index is 0.0416. The summed E-state index contributed by atoms with van der Waals surface area (Å²) in [6, 6.07) is 4.17. The Morgan fingerprint density at radius 2 is 1.59 bits per heavy atom. The molecule has 118 valence electrons. The molecule has 1 aliphatic rings. The van der Waals surface area contributed by atoms with Crippen LogP contribution in [0.3, 0.4) is 0 Å². The highest BCUT2D eigenvalue weighted by Crippen LogP contribution is 2.24. The van der Waals surface area contributed by atoms with Gasteiger partial charge in [0.25, 0.3) is 0 Å². The summed E-state index contributed by atoms with van der Waals surface area (Å²) >= 11 is 1.65. The maximum absolute atomic E-state index is 4.40. The van der Waals surface area contributed by atoms with Gasteiger partial charge in [0.15, 0.2) is 5.82 Å². The van der Waals surface area contributed by atoms with Gasteiger partial charge in [-0.2, -0.15) is 5.10 Å².